The summed E-state index contributed by atoms with van der Waals surface area (Å²) in [5.41, 5.74) is 2.89. The van der Waals surface area contributed by atoms with Crippen LogP contribution in [0, 0.1) is 0 Å². The van der Waals surface area contributed by atoms with Gasteiger partial charge in [0.2, 0.25) is 0 Å². The summed E-state index contributed by atoms with van der Waals surface area (Å²) in [6, 6.07) is 0. The van der Waals surface area contributed by atoms with Crippen molar-refractivity contribution in [2.45, 2.75) is 48.0 Å². The van der Waals surface area contributed by atoms with Gasteiger partial charge in [-0.3, -0.25) is 0 Å². The van der Waals surface area contributed by atoms with Crippen molar-refractivity contribution in [2.24, 2.45) is 0 Å². The predicted octanol–water partition coefficient (Wildman–Crippen LogP) is 3.33. The molecule has 1 aliphatic rings. The fourth-order valence-electron chi connectivity index (χ4n) is 0.776. The first-order valence-electron chi connectivity index (χ1n) is 4.71. The molecule has 0 bridgehead atoms. The van der Waals surface area contributed by atoms with Crippen molar-refractivity contribution >= 4 is 0 Å². The summed E-state index contributed by atoms with van der Waals surface area (Å²) in [5, 5.41) is 3.25. The summed E-state index contributed by atoms with van der Waals surface area (Å²) in [4.78, 5) is 0. The van der Waals surface area contributed by atoms with Crippen LogP contribution in [0.1, 0.15) is 48.0 Å². The Morgan fingerprint density at radius 3 is 1.55 bits per heavy atom. The lowest BCUT2D eigenvalue weighted by molar-refractivity contribution is 0.872. The monoisotopic (exact) mass is 157 g/mol. The van der Waals surface area contributed by atoms with Gasteiger partial charge in [0.15, 0.2) is 0 Å². The van der Waals surface area contributed by atoms with E-state index >= 15 is 0 Å². The van der Waals surface area contributed by atoms with Crippen molar-refractivity contribution in [2.75, 3.05) is 6.54 Å². The van der Waals surface area contributed by atoms with Crippen molar-refractivity contribution in [3.8, 4) is 0 Å². The molecule has 0 aromatic heterocycles. The molecule has 1 rings (SSSR count). The molecule has 0 fully saturated rings. The average molecular weight is 157 g/mol. The lowest BCUT2D eigenvalue weighted by Crippen LogP contribution is -2.03. The van der Waals surface area contributed by atoms with Crippen LogP contribution >= 0.6 is 0 Å². The van der Waals surface area contributed by atoms with E-state index in [1.807, 2.05) is 27.7 Å². The van der Waals surface area contributed by atoms with E-state index < -0.39 is 0 Å². The van der Waals surface area contributed by atoms with E-state index in [4.69, 9.17) is 0 Å². The van der Waals surface area contributed by atoms with Crippen LogP contribution in [-0.4, -0.2) is 6.54 Å². The Bertz CT molecular complexity index is 91.4. The maximum atomic E-state index is 3.25. The molecule has 68 valence electrons. The first-order chi connectivity index (χ1) is 5.30. The van der Waals surface area contributed by atoms with E-state index in [1.54, 1.807) is 0 Å². The summed E-state index contributed by atoms with van der Waals surface area (Å²) in [6.45, 7) is 13.5. The molecule has 0 saturated carbocycles. The van der Waals surface area contributed by atoms with Gasteiger partial charge in [-0.1, -0.05) is 33.3 Å². The number of hydrogen-bond acceptors (Lipinski definition) is 1. The summed E-state index contributed by atoms with van der Waals surface area (Å²) in [7, 11) is 0. The van der Waals surface area contributed by atoms with Crippen LogP contribution in [0.4, 0.5) is 0 Å². The minimum Gasteiger partial charge on any atom is -0.388 e. The van der Waals surface area contributed by atoms with Crippen LogP contribution in [0.5, 0.6) is 0 Å². The quantitative estimate of drug-likeness (QED) is 0.568. The highest BCUT2D eigenvalue weighted by Crippen LogP contribution is 2.09. The molecule has 0 saturated heterocycles. The van der Waals surface area contributed by atoms with E-state index in [0.29, 0.717) is 0 Å². The maximum Gasteiger partial charge on any atom is 0.0181 e. The van der Waals surface area contributed by atoms with Crippen LogP contribution in [0.2, 0.25) is 0 Å². The molecule has 1 aliphatic heterocycles. The Kier molecular flexibility index (Phi) is 11.4. The average Bonchev–Trinajstić information content (AvgIpc) is 2.44. The summed E-state index contributed by atoms with van der Waals surface area (Å²) in [6.07, 6.45) is 1.24. The lowest BCUT2D eigenvalue weighted by Gasteiger charge is -1.91. The predicted molar refractivity (Wildman–Crippen MR) is 53.7 cm³/mol. The van der Waals surface area contributed by atoms with Gasteiger partial charge in [0, 0.05) is 12.2 Å². The fourth-order valence-corrected chi connectivity index (χ4v) is 0.776. The van der Waals surface area contributed by atoms with Crippen molar-refractivity contribution in [3.05, 3.63) is 11.3 Å². The Morgan fingerprint density at radius 1 is 1.00 bits per heavy atom. The van der Waals surface area contributed by atoms with E-state index in [2.05, 4.69) is 19.2 Å². The van der Waals surface area contributed by atoms with Gasteiger partial charge in [0.1, 0.15) is 0 Å². The summed E-state index contributed by atoms with van der Waals surface area (Å²) < 4.78 is 0. The molecule has 0 aromatic rings. The zero-order valence-corrected chi connectivity index (χ0v) is 8.91. The van der Waals surface area contributed by atoms with Gasteiger partial charge in [0.05, 0.1) is 0 Å². The molecule has 1 N–H and O–H groups in total. The van der Waals surface area contributed by atoms with Gasteiger partial charge < -0.3 is 5.32 Å². The molecule has 1 heterocycles. The summed E-state index contributed by atoms with van der Waals surface area (Å²) >= 11 is 0. The van der Waals surface area contributed by atoms with Gasteiger partial charge in [-0.2, -0.15) is 0 Å². The van der Waals surface area contributed by atoms with Gasteiger partial charge >= 0.3 is 0 Å². The molecule has 0 amide bonds. The molecule has 0 spiro atoms. The van der Waals surface area contributed by atoms with E-state index in [0.717, 1.165) is 6.54 Å². The van der Waals surface area contributed by atoms with Crippen molar-refractivity contribution in [3.63, 3.8) is 0 Å². The molecule has 0 radical (unpaired) electrons. The molecular weight excluding hydrogens is 134 g/mol. The van der Waals surface area contributed by atoms with Crippen LogP contribution in [0.25, 0.3) is 0 Å². The minimum absolute atomic E-state index is 1.15. The molecule has 1 nitrogen and oxygen atoms in total. The second-order valence-electron chi connectivity index (χ2n) is 2.08. The van der Waals surface area contributed by atoms with E-state index in [9.17, 15) is 0 Å². The van der Waals surface area contributed by atoms with Crippen LogP contribution in [-0.2, 0) is 0 Å². The zero-order valence-electron chi connectivity index (χ0n) is 8.91. The third-order valence-electron chi connectivity index (χ3n) is 1.53. The van der Waals surface area contributed by atoms with Crippen LogP contribution in [0.3, 0.4) is 0 Å². The van der Waals surface area contributed by atoms with E-state index in [-0.39, 0.29) is 0 Å². The third-order valence-corrected chi connectivity index (χ3v) is 1.53. The Labute approximate surface area is 71.9 Å². The number of rotatable bonds is 0. The fraction of sp³-hybridized carbons (Fsp3) is 0.800. The summed E-state index contributed by atoms with van der Waals surface area (Å²) in [5.74, 6) is 0. The van der Waals surface area contributed by atoms with Gasteiger partial charge in [-0.15, -0.1) is 0 Å². The zero-order chi connectivity index (χ0) is 9.28. The molecule has 1 heteroatoms. The highest BCUT2D eigenvalue weighted by atomic mass is 14.9. The molecule has 11 heavy (non-hydrogen) atoms. The smallest absolute Gasteiger partial charge is 0.0181 e. The highest BCUT2D eigenvalue weighted by molar-refractivity contribution is 5.12. The third kappa shape index (κ3) is 5.96. The van der Waals surface area contributed by atoms with Gasteiger partial charge in [0.25, 0.3) is 0 Å². The van der Waals surface area contributed by atoms with Crippen molar-refractivity contribution in [1.82, 2.24) is 5.32 Å². The Hall–Kier alpha value is -0.460. The number of nitrogens with one attached hydrogen (secondary N) is 1. The standard InChI is InChI=1S/C6H11N.2C2H6/c1-5-3-4-7-6(5)2;2*1-2/h7H,3-4H2,1-2H3;2*1-2H3. The molecule has 0 aromatic carbocycles. The topological polar surface area (TPSA) is 12.0 Å². The lowest BCUT2D eigenvalue weighted by atomic mass is 10.2. The molecular formula is C10H23N. The van der Waals surface area contributed by atoms with Crippen molar-refractivity contribution < 1.29 is 0 Å². The number of hydrogen-bond donors (Lipinski definition) is 1. The first-order valence-corrected chi connectivity index (χ1v) is 4.71. The second-order valence-corrected chi connectivity index (χ2v) is 2.08. The Balaban J connectivity index is 0. The highest BCUT2D eigenvalue weighted by Gasteiger charge is 2.02. The Morgan fingerprint density at radius 2 is 1.45 bits per heavy atom. The molecule has 0 unspecified atom stereocenters. The van der Waals surface area contributed by atoms with Crippen LogP contribution < -0.4 is 5.32 Å². The minimum atomic E-state index is 1.15. The first kappa shape index (κ1) is 13.2. The van der Waals surface area contributed by atoms with Crippen molar-refractivity contribution in [1.29, 1.82) is 0 Å². The number of allylic oxidation sites excluding steroid dienone is 1. The van der Waals surface area contributed by atoms with Gasteiger partial charge in [-0.25, -0.2) is 0 Å². The molecule has 0 aliphatic carbocycles. The largest absolute Gasteiger partial charge is 0.388 e. The second kappa shape index (κ2) is 9.54. The SMILES string of the molecule is CC.CC.CC1=C(C)NCC1. The van der Waals surface area contributed by atoms with Gasteiger partial charge in [-0.05, 0) is 20.3 Å². The van der Waals surface area contributed by atoms with E-state index in [1.165, 1.54) is 17.7 Å². The maximum absolute atomic E-state index is 3.25. The normalized spacial score (nSPS) is 14.0. The van der Waals surface area contributed by atoms with Crippen LogP contribution in [0.15, 0.2) is 11.3 Å². The molecule has 0 atom stereocenters.